The van der Waals surface area contributed by atoms with Crippen molar-refractivity contribution >= 4 is 11.6 Å². The molecule has 23 heavy (non-hydrogen) atoms. The van der Waals surface area contributed by atoms with E-state index in [1.165, 1.54) is 12.0 Å². The predicted octanol–water partition coefficient (Wildman–Crippen LogP) is 1.68. The minimum Gasteiger partial charge on any atom is -0.493 e. The number of amides is 1. The topological polar surface area (TPSA) is 91.1 Å². The number of benzene rings is 1. The van der Waals surface area contributed by atoms with Crippen molar-refractivity contribution < 1.29 is 32.7 Å². The lowest BCUT2D eigenvalue weighted by Crippen LogP contribution is -2.40. The van der Waals surface area contributed by atoms with Crippen molar-refractivity contribution in [3.05, 3.63) is 27.8 Å². The lowest BCUT2D eigenvalue weighted by molar-refractivity contribution is -0.385. The van der Waals surface area contributed by atoms with Crippen LogP contribution in [-0.4, -0.2) is 55.8 Å². The first kappa shape index (κ1) is 16.9. The Labute approximate surface area is 129 Å². The Kier molecular flexibility index (Phi) is 5.27. The van der Waals surface area contributed by atoms with Crippen LogP contribution in [0.1, 0.15) is 10.4 Å². The standard InChI is InChI=1S/C13H14F2N2O6/c1-21-10-6-8(12(18)16-2-4-22-5-3-16)9(17(19)20)7-11(10)23-13(14)15/h6-7,13H,2-5H2,1H3. The molecule has 10 heteroatoms. The zero-order chi connectivity index (χ0) is 17.0. The molecule has 0 N–H and O–H groups in total. The summed E-state index contributed by atoms with van der Waals surface area (Å²) in [6, 6.07) is 1.80. The third kappa shape index (κ3) is 3.83. The van der Waals surface area contributed by atoms with Gasteiger partial charge in [0, 0.05) is 19.2 Å². The molecule has 1 aromatic carbocycles. The van der Waals surface area contributed by atoms with Crippen molar-refractivity contribution in [2.75, 3.05) is 33.4 Å². The molecule has 1 aliphatic rings. The van der Waals surface area contributed by atoms with E-state index in [0.29, 0.717) is 13.2 Å². The minimum absolute atomic E-state index is 0.187. The Morgan fingerprint density at radius 1 is 1.35 bits per heavy atom. The summed E-state index contributed by atoms with van der Waals surface area (Å²) >= 11 is 0. The number of carbonyl (C=O) groups is 1. The van der Waals surface area contributed by atoms with Crippen LogP contribution in [0.3, 0.4) is 0 Å². The molecule has 0 bridgehead atoms. The average Bonchev–Trinajstić information content (AvgIpc) is 2.54. The van der Waals surface area contributed by atoms with Crippen LogP contribution in [0.15, 0.2) is 12.1 Å². The Balaban J connectivity index is 2.44. The molecular weight excluding hydrogens is 318 g/mol. The molecule has 0 unspecified atom stereocenters. The highest BCUT2D eigenvalue weighted by Gasteiger charge is 2.29. The van der Waals surface area contributed by atoms with Crippen LogP contribution in [-0.2, 0) is 4.74 Å². The zero-order valence-electron chi connectivity index (χ0n) is 12.2. The normalized spacial score (nSPS) is 14.7. The number of morpholine rings is 1. The van der Waals surface area contributed by atoms with Crippen molar-refractivity contribution in [2.24, 2.45) is 0 Å². The van der Waals surface area contributed by atoms with Gasteiger partial charge in [0.05, 0.1) is 31.3 Å². The number of methoxy groups -OCH3 is 1. The lowest BCUT2D eigenvalue weighted by Gasteiger charge is -2.27. The van der Waals surface area contributed by atoms with Crippen LogP contribution >= 0.6 is 0 Å². The molecule has 1 heterocycles. The Bertz CT molecular complexity index is 604. The quantitative estimate of drug-likeness (QED) is 0.602. The van der Waals surface area contributed by atoms with Crippen molar-refractivity contribution in [2.45, 2.75) is 6.61 Å². The summed E-state index contributed by atoms with van der Waals surface area (Å²) < 4.78 is 39.0. The largest absolute Gasteiger partial charge is 0.493 e. The van der Waals surface area contributed by atoms with Crippen LogP contribution in [0.25, 0.3) is 0 Å². The first-order valence-corrected chi connectivity index (χ1v) is 6.62. The van der Waals surface area contributed by atoms with Crippen LogP contribution in [0.4, 0.5) is 14.5 Å². The van der Waals surface area contributed by atoms with Gasteiger partial charge in [0.15, 0.2) is 11.5 Å². The van der Waals surface area contributed by atoms with Gasteiger partial charge in [0.1, 0.15) is 5.56 Å². The number of nitro groups is 1. The fourth-order valence-electron chi connectivity index (χ4n) is 2.16. The Morgan fingerprint density at radius 3 is 2.52 bits per heavy atom. The van der Waals surface area contributed by atoms with Gasteiger partial charge in [-0.15, -0.1) is 0 Å². The van der Waals surface area contributed by atoms with Gasteiger partial charge in [-0.1, -0.05) is 0 Å². The monoisotopic (exact) mass is 332 g/mol. The van der Waals surface area contributed by atoms with Crippen LogP contribution in [0, 0.1) is 10.1 Å². The summed E-state index contributed by atoms with van der Waals surface area (Å²) in [5.41, 5.74) is -0.881. The summed E-state index contributed by atoms with van der Waals surface area (Å²) in [7, 11) is 1.18. The summed E-state index contributed by atoms with van der Waals surface area (Å²) in [5, 5.41) is 11.2. The van der Waals surface area contributed by atoms with Crippen molar-refractivity contribution in [3.63, 3.8) is 0 Å². The molecule has 8 nitrogen and oxygen atoms in total. The first-order valence-electron chi connectivity index (χ1n) is 6.62. The minimum atomic E-state index is -3.18. The van der Waals surface area contributed by atoms with E-state index >= 15 is 0 Å². The van der Waals surface area contributed by atoms with Gasteiger partial charge in [-0.3, -0.25) is 14.9 Å². The van der Waals surface area contributed by atoms with Gasteiger partial charge in [0.2, 0.25) is 0 Å². The smallest absolute Gasteiger partial charge is 0.387 e. The molecule has 0 aliphatic carbocycles. The molecule has 0 atom stereocenters. The third-order valence-corrected chi connectivity index (χ3v) is 3.22. The number of rotatable bonds is 5. The second-order valence-electron chi connectivity index (χ2n) is 4.56. The molecule has 1 fully saturated rings. The Hall–Kier alpha value is -2.49. The summed E-state index contributed by atoms with van der Waals surface area (Å²) in [6.07, 6.45) is 0. The molecule has 126 valence electrons. The number of alkyl halides is 2. The van der Waals surface area contributed by atoms with Crippen LogP contribution < -0.4 is 9.47 Å². The second kappa shape index (κ2) is 7.18. The van der Waals surface area contributed by atoms with Crippen molar-refractivity contribution in [3.8, 4) is 11.5 Å². The van der Waals surface area contributed by atoms with E-state index in [1.54, 1.807) is 0 Å². The fraction of sp³-hybridized carbons (Fsp3) is 0.462. The number of hydrogen-bond acceptors (Lipinski definition) is 6. The van der Waals surface area contributed by atoms with Crippen molar-refractivity contribution in [1.29, 1.82) is 0 Å². The molecule has 1 saturated heterocycles. The maximum Gasteiger partial charge on any atom is 0.387 e. The number of nitro benzene ring substituents is 1. The maximum absolute atomic E-state index is 12.4. The van der Waals surface area contributed by atoms with Gasteiger partial charge in [-0.25, -0.2) is 0 Å². The summed E-state index contributed by atoms with van der Waals surface area (Å²) in [4.78, 5) is 24.2. The average molecular weight is 332 g/mol. The molecule has 0 aromatic heterocycles. The number of carbonyl (C=O) groups excluding carboxylic acids is 1. The van der Waals surface area contributed by atoms with Crippen LogP contribution in [0.5, 0.6) is 11.5 Å². The molecule has 0 radical (unpaired) electrons. The number of nitrogens with zero attached hydrogens (tertiary/aromatic N) is 2. The van der Waals surface area contributed by atoms with E-state index in [0.717, 1.165) is 12.1 Å². The van der Waals surface area contributed by atoms with E-state index in [1.807, 2.05) is 0 Å². The second-order valence-corrected chi connectivity index (χ2v) is 4.56. The van der Waals surface area contributed by atoms with Gasteiger partial charge in [0.25, 0.3) is 11.6 Å². The highest BCUT2D eigenvalue weighted by molar-refractivity contribution is 5.99. The predicted molar refractivity (Wildman–Crippen MR) is 73.0 cm³/mol. The Morgan fingerprint density at radius 2 is 2.00 bits per heavy atom. The van der Waals surface area contributed by atoms with Gasteiger partial charge in [-0.2, -0.15) is 8.78 Å². The first-order chi connectivity index (χ1) is 10.9. The summed E-state index contributed by atoms with van der Waals surface area (Å²) in [6.45, 7) is -1.96. The molecule has 2 rings (SSSR count). The fourth-order valence-corrected chi connectivity index (χ4v) is 2.16. The number of hydrogen-bond donors (Lipinski definition) is 0. The van der Waals surface area contributed by atoms with Gasteiger partial charge >= 0.3 is 6.61 Å². The molecular formula is C13H14F2N2O6. The molecule has 1 aromatic rings. The van der Waals surface area contributed by atoms with E-state index in [-0.39, 0.29) is 24.4 Å². The van der Waals surface area contributed by atoms with Crippen molar-refractivity contribution in [1.82, 2.24) is 4.90 Å². The molecule has 0 spiro atoms. The highest BCUT2D eigenvalue weighted by atomic mass is 19.3. The van der Waals surface area contributed by atoms with Crippen LogP contribution in [0.2, 0.25) is 0 Å². The number of halogens is 2. The molecule has 0 saturated carbocycles. The van der Waals surface area contributed by atoms with Gasteiger partial charge < -0.3 is 19.1 Å². The lowest BCUT2D eigenvalue weighted by atomic mass is 10.1. The zero-order valence-corrected chi connectivity index (χ0v) is 12.2. The number of ether oxygens (including phenoxy) is 3. The summed E-state index contributed by atoms with van der Waals surface area (Å²) in [5.74, 6) is -1.29. The maximum atomic E-state index is 12.4. The van der Waals surface area contributed by atoms with E-state index in [2.05, 4.69) is 4.74 Å². The van der Waals surface area contributed by atoms with E-state index in [4.69, 9.17) is 9.47 Å². The molecule has 1 amide bonds. The third-order valence-electron chi connectivity index (χ3n) is 3.22. The van der Waals surface area contributed by atoms with E-state index in [9.17, 15) is 23.7 Å². The van der Waals surface area contributed by atoms with E-state index < -0.39 is 28.9 Å². The SMILES string of the molecule is COc1cc(C(=O)N2CCOCC2)c([N+](=O)[O-])cc1OC(F)F. The molecule has 1 aliphatic heterocycles. The highest BCUT2D eigenvalue weighted by Crippen LogP contribution is 2.36. The van der Waals surface area contributed by atoms with Gasteiger partial charge in [-0.05, 0) is 0 Å².